The van der Waals surface area contributed by atoms with Crippen LogP contribution in [0.1, 0.15) is 27.2 Å². The van der Waals surface area contributed by atoms with E-state index in [0.29, 0.717) is 6.42 Å². The number of aliphatic hydroxyl groups is 1. The first-order valence-electron chi connectivity index (χ1n) is 4.59. The molecule has 0 saturated heterocycles. The van der Waals surface area contributed by atoms with E-state index in [1.807, 2.05) is 0 Å². The summed E-state index contributed by atoms with van der Waals surface area (Å²) in [6, 6.07) is 0. The van der Waals surface area contributed by atoms with E-state index in [9.17, 15) is 9.90 Å². The smallest absolute Gasteiger partial charge is 0.335 e. The summed E-state index contributed by atoms with van der Waals surface area (Å²) in [6.45, 7) is 5.18. The average molecular weight is 203 g/mol. The standard InChI is InChI=1S/C9H17NO4/c1-4-7(5-10-13)8(11)9(12)14-6(2)3/h5-8,11,13H,4H2,1-3H3. The van der Waals surface area contributed by atoms with Crippen LogP contribution in [-0.4, -0.2) is 34.7 Å². The molecule has 0 aromatic carbocycles. The minimum Gasteiger partial charge on any atom is -0.461 e. The Labute approximate surface area is 83.4 Å². The van der Waals surface area contributed by atoms with Gasteiger partial charge in [0.05, 0.1) is 6.10 Å². The molecule has 0 rings (SSSR count). The first-order chi connectivity index (χ1) is 6.52. The Kier molecular flexibility index (Phi) is 5.87. The maximum Gasteiger partial charge on any atom is 0.335 e. The van der Waals surface area contributed by atoms with Gasteiger partial charge in [-0.15, -0.1) is 5.16 Å². The topological polar surface area (TPSA) is 79.1 Å². The number of aliphatic hydroxyl groups excluding tert-OH is 1. The molecule has 0 fully saturated rings. The molecule has 5 nitrogen and oxygen atoms in total. The number of oxime groups is 1. The number of nitrogens with zero attached hydrogens (tertiary/aromatic N) is 1. The number of ether oxygens (including phenoxy) is 1. The van der Waals surface area contributed by atoms with E-state index in [2.05, 4.69) is 5.16 Å². The van der Waals surface area contributed by atoms with Gasteiger partial charge in [-0.2, -0.15) is 0 Å². The summed E-state index contributed by atoms with van der Waals surface area (Å²) < 4.78 is 4.81. The molecule has 0 aliphatic rings. The molecule has 2 unspecified atom stereocenters. The minimum atomic E-state index is -1.27. The monoisotopic (exact) mass is 203 g/mol. The molecule has 0 aromatic rings. The van der Waals surface area contributed by atoms with Crippen LogP contribution < -0.4 is 0 Å². The van der Waals surface area contributed by atoms with Gasteiger partial charge in [0, 0.05) is 12.1 Å². The molecule has 0 aliphatic heterocycles. The van der Waals surface area contributed by atoms with E-state index in [-0.39, 0.29) is 6.10 Å². The fourth-order valence-corrected chi connectivity index (χ4v) is 0.973. The van der Waals surface area contributed by atoms with Crippen LogP contribution in [0.4, 0.5) is 0 Å². The fourth-order valence-electron chi connectivity index (χ4n) is 0.973. The van der Waals surface area contributed by atoms with E-state index >= 15 is 0 Å². The Morgan fingerprint density at radius 1 is 1.57 bits per heavy atom. The van der Waals surface area contributed by atoms with Gasteiger partial charge in [-0.3, -0.25) is 0 Å². The summed E-state index contributed by atoms with van der Waals surface area (Å²) in [7, 11) is 0. The molecule has 0 aliphatic carbocycles. The molecule has 0 saturated carbocycles. The van der Waals surface area contributed by atoms with Gasteiger partial charge >= 0.3 is 5.97 Å². The summed E-state index contributed by atoms with van der Waals surface area (Å²) in [6.07, 6.45) is 0.101. The number of carbonyl (C=O) groups is 1. The van der Waals surface area contributed by atoms with E-state index in [4.69, 9.17) is 9.94 Å². The third kappa shape index (κ3) is 4.23. The molecule has 2 atom stereocenters. The average Bonchev–Trinajstić information content (AvgIpc) is 2.12. The van der Waals surface area contributed by atoms with Crippen molar-refractivity contribution >= 4 is 12.2 Å². The summed E-state index contributed by atoms with van der Waals surface area (Å²) in [4.78, 5) is 11.2. The van der Waals surface area contributed by atoms with E-state index in [1.165, 1.54) is 0 Å². The maximum absolute atomic E-state index is 11.2. The quantitative estimate of drug-likeness (QED) is 0.299. The Bertz CT molecular complexity index is 203. The predicted molar refractivity (Wildman–Crippen MR) is 51.3 cm³/mol. The lowest BCUT2D eigenvalue weighted by molar-refractivity contribution is -0.159. The van der Waals surface area contributed by atoms with Crippen LogP contribution in [0.25, 0.3) is 0 Å². The third-order valence-corrected chi connectivity index (χ3v) is 1.73. The predicted octanol–water partition coefficient (Wildman–Crippen LogP) is 0.785. The van der Waals surface area contributed by atoms with Crippen molar-refractivity contribution in [3.8, 4) is 0 Å². The second kappa shape index (κ2) is 6.37. The normalized spacial score (nSPS) is 15.8. The van der Waals surface area contributed by atoms with Crippen LogP contribution in [0.5, 0.6) is 0 Å². The molecule has 0 amide bonds. The highest BCUT2D eigenvalue weighted by Gasteiger charge is 2.25. The van der Waals surface area contributed by atoms with Gasteiger partial charge in [-0.25, -0.2) is 4.79 Å². The second-order valence-electron chi connectivity index (χ2n) is 3.27. The Balaban J connectivity index is 4.26. The van der Waals surface area contributed by atoms with Gasteiger partial charge in [0.25, 0.3) is 0 Å². The molecule has 0 spiro atoms. The summed E-state index contributed by atoms with van der Waals surface area (Å²) in [5, 5.41) is 20.6. The van der Waals surface area contributed by atoms with Crippen LogP contribution in [0, 0.1) is 5.92 Å². The largest absolute Gasteiger partial charge is 0.461 e. The van der Waals surface area contributed by atoms with Gasteiger partial charge in [0.1, 0.15) is 0 Å². The van der Waals surface area contributed by atoms with Crippen molar-refractivity contribution in [2.45, 2.75) is 39.4 Å². The van der Waals surface area contributed by atoms with Crippen LogP contribution in [0.3, 0.4) is 0 Å². The van der Waals surface area contributed by atoms with Crippen molar-refractivity contribution < 1.29 is 19.8 Å². The summed E-state index contributed by atoms with van der Waals surface area (Å²) in [5.74, 6) is -1.20. The van der Waals surface area contributed by atoms with Crippen LogP contribution in [-0.2, 0) is 9.53 Å². The number of carbonyl (C=O) groups excluding carboxylic acids is 1. The van der Waals surface area contributed by atoms with Crippen molar-refractivity contribution in [1.29, 1.82) is 0 Å². The molecule has 0 aromatic heterocycles. The van der Waals surface area contributed by atoms with Crippen molar-refractivity contribution in [3.05, 3.63) is 0 Å². The van der Waals surface area contributed by atoms with E-state index < -0.39 is 18.0 Å². The van der Waals surface area contributed by atoms with Crippen molar-refractivity contribution in [3.63, 3.8) is 0 Å². The summed E-state index contributed by atoms with van der Waals surface area (Å²) >= 11 is 0. The first-order valence-corrected chi connectivity index (χ1v) is 4.59. The fraction of sp³-hybridized carbons (Fsp3) is 0.778. The zero-order valence-corrected chi connectivity index (χ0v) is 8.67. The lowest BCUT2D eigenvalue weighted by atomic mass is 10.0. The number of rotatable bonds is 5. The highest BCUT2D eigenvalue weighted by atomic mass is 16.6. The Morgan fingerprint density at radius 2 is 2.14 bits per heavy atom. The molecule has 0 radical (unpaired) electrons. The van der Waals surface area contributed by atoms with Crippen LogP contribution in [0.15, 0.2) is 5.16 Å². The summed E-state index contributed by atoms with van der Waals surface area (Å²) in [5.41, 5.74) is 0. The van der Waals surface area contributed by atoms with Gasteiger partial charge < -0.3 is 15.1 Å². The zero-order chi connectivity index (χ0) is 11.1. The molecule has 5 heteroatoms. The molecule has 14 heavy (non-hydrogen) atoms. The third-order valence-electron chi connectivity index (χ3n) is 1.73. The van der Waals surface area contributed by atoms with E-state index in [1.54, 1.807) is 20.8 Å². The lowest BCUT2D eigenvalue weighted by Gasteiger charge is -2.17. The van der Waals surface area contributed by atoms with Crippen LogP contribution in [0.2, 0.25) is 0 Å². The van der Waals surface area contributed by atoms with Crippen molar-refractivity contribution in [1.82, 2.24) is 0 Å². The molecule has 82 valence electrons. The van der Waals surface area contributed by atoms with Crippen LogP contribution >= 0.6 is 0 Å². The van der Waals surface area contributed by atoms with Gasteiger partial charge in [-0.05, 0) is 20.3 Å². The Hall–Kier alpha value is -1.10. The number of esters is 1. The Morgan fingerprint density at radius 3 is 2.50 bits per heavy atom. The van der Waals surface area contributed by atoms with Crippen molar-refractivity contribution in [2.75, 3.05) is 0 Å². The molecular weight excluding hydrogens is 186 g/mol. The molecule has 0 bridgehead atoms. The highest BCUT2D eigenvalue weighted by Crippen LogP contribution is 2.09. The molecule has 0 heterocycles. The number of hydrogen-bond acceptors (Lipinski definition) is 5. The molecular formula is C9H17NO4. The zero-order valence-electron chi connectivity index (χ0n) is 8.67. The van der Waals surface area contributed by atoms with Gasteiger partial charge in [0.15, 0.2) is 6.10 Å². The van der Waals surface area contributed by atoms with Gasteiger partial charge in [0.2, 0.25) is 0 Å². The second-order valence-corrected chi connectivity index (χ2v) is 3.27. The minimum absolute atomic E-state index is 0.263. The SMILES string of the molecule is CCC(C=NO)C(O)C(=O)OC(C)C. The highest BCUT2D eigenvalue weighted by molar-refractivity contribution is 5.79. The van der Waals surface area contributed by atoms with Gasteiger partial charge in [-0.1, -0.05) is 6.92 Å². The maximum atomic E-state index is 11.2. The lowest BCUT2D eigenvalue weighted by Crippen LogP contribution is -2.33. The first kappa shape index (κ1) is 12.9. The molecule has 2 N–H and O–H groups in total. The van der Waals surface area contributed by atoms with E-state index in [0.717, 1.165) is 6.21 Å². The van der Waals surface area contributed by atoms with Crippen molar-refractivity contribution in [2.24, 2.45) is 11.1 Å². The number of hydrogen-bond donors (Lipinski definition) is 2.